The van der Waals surface area contributed by atoms with Crippen molar-refractivity contribution in [3.05, 3.63) is 11.6 Å². The van der Waals surface area contributed by atoms with Gasteiger partial charge in [0, 0.05) is 18.4 Å². The second-order valence-corrected chi connectivity index (χ2v) is 2.84. The minimum atomic E-state index is -0.733. The Balaban J connectivity index is 2.69. The van der Waals surface area contributed by atoms with Crippen LogP contribution in [0, 0.1) is 0 Å². The van der Waals surface area contributed by atoms with Crippen LogP contribution in [0.25, 0.3) is 0 Å². The third kappa shape index (κ3) is 2.06. The number of methoxy groups -OCH3 is 1. The van der Waals surface area contributed by atoms with Crippen molar-refractivity contribution in [2.24, 2.45) is 0 Å². The molecule has 4 nitrogen and oxygen atoms in total. The number of aliphatic hydroxyl groups is 2. The summed E-state index contributed by atoms with van der Waals surface area (Å²) in [5, 5.41) is 18.3. The van der Waals surface area contributed by atoms with Gasteiger partial charge in [-0.1, -0.05) is 0 Å². The van der Waals surface area contributed by atoms with Crippen LogP contribution in [0.3, 0.4) is 0 Å². The van der Waals surface area contributed by atoms with Gasteiger partial charge in [-0.15, -0.1) is 0 Å². The van der Waals surface area contributed by atoms with Gasteiger partial charge in [0.15, 0.2) is 0 Å². The lowest BCUT2D eigenvalue weighted by atomic mass is 9.95. The van der Waals surface area contributed by atoms with Crippen LogP contribution in [0.4, 0.5) is 0 Å². The van der Waals surface area contributed by atoms with Gasteiger partial charge in [0.05, 0.1) is 19.3 Å². The number of hydrogen-bond acceptors (Lipinski definition) is 4. The SMILES string of the molecule is COC(=O)C1=C[C@@H](O)C[C@@H](O)C1. The minimum absolute atomic E-state index is 0.268. The Morgan fingerprint density at radius 3 is 2.83 bits per heavy atom. The molecule has 68 valence electrons. The zero-order chi connectivity index (χ0) is 9.14. The van der Waals surface area contributed by atoms with Crippen LogP contribution < -0.4 is 0 Å². The average molecular weight is 172 g/mol. The van der Waals surface area contributed by atoms with Crippen LogP contribution >= 0.6 is 0 Å². The van der Waals surface area contributed by atoms with Gasteiger partial charge in [-0.2, -0.15) is 0 Å². The fourth-order valence-electron chi connectivity index (χ4n) is 1.27. The zero-order valence-corrected chi connectivity index (χ0v) is 6.86. The fraction of sp³-hybridized carbons (Fsp3) is 0.625. The Kier molecular flexibility index (Phi) is 2.83. The standard InChI is InChI=1S/C8H12O4/c1-12-8(11)5-2-6(9)4-7(10)3-5/h2,6-7,9-10H,3-4H2,1H3/t6-,7+/m1/s1. The van der Waals surface area contributed by atoms with E-state index in [2.05, 4.69) is 4.74 Å². The summed E-state index contributed by atoms with van der Waals surface area (Å²) in [5.41, 5.74) is 0.351. The maximum Gasteiger partial charge on any atom is 0.333 e. The second kappa shape index (κ2) is 3.69. The molecule has 12 heavy (non-hydrogen) atoms. The zero-order valence-electron chi connectivity index (χ0n) is 6.86. The van der Waals surface area contributed by atoms with Gasteiger partial charge >= 0.3 is 5.97 Å². The number of hydrogen-bond donors (Lipinski definition) is 2. The quantitative estimate of drug-likeness (QED) is 0.528. The molecule has 0 unspecified atom stereocenters. The Labute approximate surface area is 70.5 Å². The first kappa shape index (κ1) is 9.22. The monoisotopic (exact) mass is 172 g/mol. The first-order valence-corrected chi connectivity index (χ1v) is 3.78. The minimum Gasteiger partial charge on any atom is -0.466 e. The Hall–Kier alpha value is -0.870. The molecule has 2 N–H and O–H groups in total. The van der Waals surface area contributed by atoms with Crippen LogP contribution in [0.2, 0.25) is 0 Å². The van der Waals surface area contributed by atoms with E-state index in [1.165, 1.54) is 13.2 Å². The van der Waals surface area contributed by atoms with Crippen molar-refractivity contribution in [3.8, 4) is 0 Å². The fourth-order valence-corrected chi connectivity index (χ4v) is 1.27. The van der Waals surface area contributed by atoms with Gasteiger partial charge in [-0.05, 0) is 6.08 Å². The van der Waals surface area contributed by atoms with E-state index in [1.807, 2.05) is 0 Å². The van der Waals surface area contributed by atoms with Gasteiger partial charge in [0.2, 0.25) is 0 Å². The largest absolute Gasteiger partial charge is 0.466 e. The number of carbonyl (C=O) groups excluding carboxylic acids is 1. The third-order valence-electron chi connectivity index (χ3n) is 1.81. The molecule has 0 fully saturated rings. The van der Waals surface area contributed by atoms with Crippen LogP contribution in [0.5, 0.6) is 0 Å². The number of aliphatic hydroxyl groups excluding tert-OH is 2. The molecule has 1 aliphatic rings. The van der Waals surface area contributed by atoms with Crippen molar-refractivity contribution in [2.75, 3.05) is 7.11 Å². The lowest BCUT2D eigenvalue weighted by Crippen LogP contribution is -2.25. The maximum atomic E-state index is 10.9. The Morgan fingerprint density at radius 2 is 2.33 bits per heavy atom. The summed E-state index contributed by atoms with van der Waals surface area (Å²) in [5.74, 6) is -0.479. The van der Waals surface area contributed by atoms with E-state index >= 15 is 0 Å². The normalized spacial score (nSPS) is 29.4. The van der Waals surface area contributed by atoms with Crippen LogP contribution in [-0.4, -0.2) is 35.5 Å². The highest BCUT2D eigenvalue weighted by Gasteiger charge is 2.23. The van der Waals surface area contributed by atoms with E-state index in [0.717, 1.165) is 0 Å². The van der Waals surface area contributed by atoms with Crippen molar-refractivity contribution >= 4 is 5.97 Å². The molecule has 0 saturated carbocycles. The summed E-state index contributed by atoms with van der Waals surface area (Å²) in [4.78, 5) is 10.9. The van der Waals surface area contributed by atoms with Crippen LogP contribution in [0.15, 0.2) is 11.6 Å². The lowest BCUT2D eigenvalue weighted by Gasteiger charge is -2.20. The first-order chi connectivity index (χ1) is 5.63. The Morgan fingerprint density at radius 1 is 1.67 bits per heavy atom. The topological polar surface area (TPSA) is 66.8 Å². The van der Waals surface area contributed by atoms with Crippen LogP contribution in [0.1, 0.15) is 12.8 Å². The molecule has 0 bridgehead atoms. The first-order valence-electron chi connectivity index (χ1n) is 3.78. The molecule has 0 radical (unpaired) electrons. The highest BCUT2D eigenvalue weighted by Crippen LogP contribution is 2.19. The molecule has 4 heteroatoms. The summed E-state index contributed by atoms with van der Waals surface area (Å²) in [6.45, 7) is 0. The van der Waals surface area contributed by atoms with Crippen molar-refractivity contribution in [3.63, 3.8) is 0 Å². The summed E-state index contributed by atoms with van der Waals surface area (Å²) >= 11 is 0. The second-order valence-electron chi connectivity index (χ2n) is 2.84. The molecule has 0 aliphatic heterocycles. The predicted molar refractivity (Wildman–Crippen MR) is 41.3 cm³/mol. The molecule has 0 amide bonds. The van der Waals surface area contributed by atoms with Crippen molar-refractivity contribution in [1.29, 1.82) is 0 Å². The maximum absolute atomic E-state index is 10.9. The van der Waals surface area contributed by atoms with Gasteiger partial charge in [-0.25, -0.2) is 4.79 Å². The summed E-state index contributed by atoms with van der Waals surface area (Å²) in [6, 6.07) is 0. The molecule has 0 aromatic carbocycles. The number of carbonyl (C=O) groups is 1. The Bertz CT molecular complexity index is 209. The number of ether oxygens (including phenoxy) is 1. The molecule has 1 rings (SSSR count). The molecule has 0 saturated heterocycles. The highest BCUT2D eigenvalue weighted by molar-refractivity contribution is 5.88. The van der Waals surface area contributed by atoms with Crippen molar-refractivity contribution in [1.82, 2.24) is 0 Å². The molecule has 1 aliphatic carbocycles. The molecule has 0 aromatic heterocycles. The van der Waals surface area contributed by atoms with Crippen molar-refractivity contribution in [2.45, 2.75) is 25.0 Å². The smallest absolute Gasteiger partial charge is 0.333 e. The lowest BCUT2D eigenvalue weighted by molar-refractivity contribution is -0.136. The van der Waals surface area contributed by atoms with Gasteiger partial charge in [0.25, 0.3) is 0 Å². The summed E-state index contributed by atoms with van der Waals surface area (Å²) < 4.78 is 4.46. The van der Waals surface area contributed by atoms with Gasteiger partial charge in [0.1, 0.15) is 0 Å². The molecule has 2 atom stereocenters. The molecule has 0 heterocycles. The predicted octanol–water partition coefficient (Wildman–Crippen LogP) is -0.399. The number of esters is 1. The van der Waals surface area contributed by atoms with E-state index in [9.17, 15) is 9.90 Å². The number of rotatable bonds is 1. The molecule has 0 aromatic rings. The highest BCUT2D eigenvalue weighted by atomic mass is 16.5. The summed E-state index contributed by atoms with van der Waals surface area (Å²) in [6.07, 6.45) is 0.616. The van der Waals surface area contributed by atoms with E-state index in [1.54, 1.807) is 0 Å². The molecular formula is C8H12O4. The van der Waals surface area contributed by atoms with E-state index in [4.69, 9.17) is 5.11 Å². The average Bonchev–Trinajstić information content (AvgIpc) is 2.01. The van der Waals surface area contributed by atoms with E-state index in [0.29, 0.717) is 12.0 Å². The van der Waals surface area contributed by atoms with E-state index in [-0.39, 0.29) is 6.42 Å². The molecule has 0 spiro atoms. The van der Waals surface area contributed by atoms with Crippen LogP contribution in [-0.2, 0) is 9.53 Å². The van der Waals surface area contributed by atoms with Crippen molar-refractivity contribution < 1.29 is 19.7 Å². The van der Waals surface area contributed by atoms with E-state index < -0.39 is 18.2 Å². The van der Waals surface area contributed by atoms with Gasteiger partial charge < -0.3 is 14.9 Å². The summed E-state index contributed by atoms with van der Waals surface area (Å²) in [7, 11) is 1.27. The van der Waals surface area contributed by atoms with Gasteiger partial charge in [-0.3, -0.25) is 0 Å². The molecular weight excluding hydrogens is 160 g/mol. The third-order valence-corrected chi connectivity index (χ3v) is 1.81.